The Morgan fingerprint density at radius 2 is 1.83 bits per heavy atom. The maximum Gasteiger partial charge on any atom is 0.250 e. The highest BCUT2D eigenvalue weighted by molar-refractivity contribution is 9.10. The van der Waals surface area contributed by atoms with Gasteiger partial charge in [0.2, 0.25) is 17.7 Å². The molecule has 1 spiro atoms. The Labute approximate surface area is 176 Å². The molecule has 29 heavy (non-hydrogen) atoms. The Kier molecular flexibility index (Phi) is 3.45. The van der Waals surface area contributed by atoms with Gasteiger partial charge in [-0.2, -0.15) is 0 Å². The minimum atomic E-state index is -1.12. The van der Waals surface area contributed by atoms with E-state index in [0.717, 1.165) is 28.6 Å². The van der Waals surface area contributed by atoms with Gasteiger partial charge in [-0.15, -0.1) is 0 Å². The van der Waals surface area contributed by atoms with E-state index in [1.807, 2.05) is 36.4 Å². The van der Waals surface area contributed by atoms with Gasteiger partial charge in [0, 0.05) is 21.8 Å². The molecule has 0 bridgehead atoms. The molecule has 7 heteroatoms. The van der Waals surface area contributed by atoms with E-state index in [4.69, 9.17) is 0 Å². The standard InChI is InChI=1S/C22H18BrN3O3/c23-12-8-9-15-14(11-12)22(21(29)24-15)18-17(16-7-4-10-25(16)22)19(27)26(20(18)28)13-5-2-1-3-6-13/h1-3,5-6,8-9,11,16-18H,4,7,10H2,(H,24,29). The molecule has 3 amide bonds. The molecule has 3 saturated heterocycles. The van der Waals surface area contributed by atoms with Crippen molar-refractivity contribution in [3.63, 3.8) is 0 Å². The van der Waals surface area contributed by atoms with Gasteiger partial charge in [-0.05, 0) is 49.7 Å². The van der Waals surface area contributed by atoms with Gasteiger partial charge < -0.3 is 5.32 Å². The highest BCUT2D eigenvalue weighted by atomic mass is 79.9. The van der Waals surface area contributed by atoms with Crippen LogP contribution in [0.4, 0.5) is 11.4 Å². The fourth-order valence-corrected chi connectivity index (χ4v) is 6.37. The van der Waals surface area contributed by atoms with Crippen molar-refractivity contribution >= 4 is 45.0 Å². The largest absolute Gasteiger partial charge is 0.324 e. The Balaban J connectivity index is 1.58. The van der Waals surface area contributed by atoms with Crippen LogP contribution in [0.5, 0.6) is 0 Å². The molecule has 0 aromatic heterocycles. The summed E-state index contributed by atoms with van der Waals surface area (Å²) in [6, 6.07) is 14.6. The normalized spacial score (nSPS) is 32.7. The van der Waals surface area contributed by atoms with Crippen molar-refractivity contribution in [2.24, 2.45) is 11.8 Å². The molecule has 0 saturated carbocycles. The van der Waals surface area contributed by atoms with E-state index in [1.165, 1.54) is 4.90 Å². The predicted molar refractivity (Wildman–Crippen MR) is 110 cm³/mol. The molecule has 4 atom stereocenters. The number of halogens is 1. The van der Waals surface area contributed by atoms with Gasteiger partial charge in [0.15, 0.2) is 0 Å². The molecule has 4 aliphatic rings. The quantitative estimate of drug-likeness (QED) is 0.676. The summed E-state index contributed by atoms with van der Waals surface area (Å²) in [6.07, 6.45) is 1.74. The number of amides is 3. The first kappa shape index (κ1) is 17.4. The lowest BCUT2D eigenvalue weighted by atomic mass is 9.75. The lowest BCUT2D eigenvalue weighted by Gasteiger charge is -2.36. The van der Waals surface area contributed by atoms with Gasteiger partial charge >= 0.3 is 0 Å². The molecule has 1 N–H and O–H groups in total. The Morgan fingerprint density at radius 1 is 1.03 bits per heavy atom. The summed E-state index contributed by atoms with van der Waals surface area (Å²) in [5.74, 6) is -1.86. The van der Waals surface area contributed by atoms with E-state index in [9.17, 15) is 14.4 Å². The Hall–Kier alpha value is -2.51. The summed E-state index contributed by atoms with van der Waals surface area (Å²) >= 11 is 3.52. The van der Waals surface area contributed by atoms with Crippen LogP contribution < -0.4 is 10.2 Å². The van der Waals surface area contributed by atoms with E-state index in [1.54, 1.807) is 12.1 Å². The van der Waals surface area contributed by atoms with Crippen molar-refractivity contribution < 1.29 is 14.4 Å². The second-order valence-corrected chi connectivity index (χ2v) is 9.08. The molecule has 4 unspecified atom stereocenters. The van der Waals surface area contributed by atoms with Gasteiger partial charge in [0.25, 0.3) is 0 Å². The highest BCUT2D eigenvalue weighted by Crippen LogP contribution is 2.60. The van der Waals surface area contributed by atoms with Gasteiger partial charge in [-0.1, -0.05) is 34.1 Å². The zero-order valence-corrected chi connectivity index (χ0v) is 17.1. The van der Waals surface area contributed by atoms with Crippen LogP contribution in [0, 0.1) is 11.8 Å². The van der Waals surface area contributed by atoms with E-state index in [2.05, 4.69) is 26.1 Å². The van der Waals surface area contributed by atoms with Gasteiger partial charge in [0.1, 0.15) is 5.54 Å². The molecule has 2 aromatic rings. The third-order valence-corrected chi connectivity index (χ3v) is 7.46. The maximum atomic E-state index is 13.7. The summed E-state index contributed by atoms with van der Waals surface area (Å²) in [5.41, 5.74) is 0.973. The summed E-state index contributed by atoms with van der Waals surface area (Å²) in [5, 5.41) is 2.99. The second-order valence-electron chi connectivity index (χ2n) is 8.16. The van der Waals surface area contributed by atoms with Gasteiger partial charge in [-0.3, -0.25) is 19.3 Å². The third-order valence-electron chi connectivity index (χ3n) is 6.97. The summed E-state index contributed by atoms with van der Waals surface area (Å²) in [4.78, 5) is 44.2. The van der Waals surface area contributed by atoms with Crippen LogP contribution in [0.1, 0.15) is 18.4 Å². The SMILES string of the molecule is O=C1C2C3CCCN3C3(C(=O)Nc4ccc(Br)cc43)C2C(=O)N1c1ccccc1. The number of hydrogen-bond donors (Lipinski definition) is 1. The minimum Gasteiger partial charge on any atom is -0.324 e. The number of fused-ring (bicyclic) bond motifs is 7. The molecule has 6 nitrogen and oxygen atoms in total. The average molecular weight is 452 g/mol. The third kappa shape index (κ3) is 1.97. The Morgan fingerprint density at radius 3 is 2.62 bits per heavy atom. The van der Waals surface area contributed by atoms with E-state index < -0.39 is 17.4 Å². The van der Waals surface area contributed by atoms with E-state index in [-0.39, 0.29) is 23.8 Å². The first-order valence-corrected chi connectivity index (χ1v) is 10.7. The number of nitrogens with zero attached hydrogens (tertiary/aromatic N) is 2. The van der Waals surface area contributed by atoms with Crippen LogP contribution in [0.15, 0.2) is 53.0 Å². The van der Waals surface area contributed by atoms with Crippen LogP contribution in [0.3, 0.4) is 0 Å². The number of carbonyl (C=O) groups excluding carboxylic acids is 3. The molecule has 6 rings (SSSR count). The van der Waals surface area contributed by atoms with Crippen molar-refractivity contribution in [3.8, 4) is 0 Å². The number of rotatable bonds is 1. The van der Waals surface area contributed by atoms with Crippen LogP contribution in [-0.2, 0) is 19.9 Å². The van der Waals surface area contributed by atoms with Crippen LogP contribution in [0.2, 0.25) is 0 Å². The number of imide groups is 1. The molecule has 0 aliphatic carbocycles. The monoisotopic (exact) mass is 451 g/mol. The first-order valence-electron chi connectivity index (χ1n) is 9.86. The lowest BCUT2D eigenvalue weighted by Crippen LogP contribution is -2.54. The molecular weight excluding hydrogens is 434 g/mol. The molecular formula is C22H18BrN3O3. The molecule has 4 heterocycles. The predicted octanol–water partition coefficient (Wildman–Crippen LogP) is 2.88. The molecule has 3 fully saturated rings. The van der Waals surface area contributed by atoms with Crippen molar-refractivity contribution in [3.05, 3.63) is 58.6 Å². The molecule has 0 radical (unpaired) electrons. The van der Waals surface area contributed by atoms with Gasteiger partial charge in [0.05, 0.1) is 17.5 Å². The minimum absolute atomic E-state index is 0.0964. The Bertz CT molecular complexity index is 1090. The van der Waals surface area contributed by atoms with Crippen molar-refractivity contribution in [2.75, 3.05) is 16.8 Å². The zero-order chi connectivity index (χ0) is 19.9. The van der Waals surface area contributed by atoms with Crippen molar-refractivity contribution in [2.45, 2.75) is 24.4 Å². The van der Waals surface area contributed by atoms with Crippen LogP contribution in [-0.4, -0.2) is 35.2 Å². The lowest BCUT2D eigenvalue weighted by molar-refractivity contribution is -0.135. The van der Waals surface area contributed by atoms with E-state index >= 15 is 0 Å². The summed E-state index contributed by atoms with van der Waals surface area (Å²) in [6.45, 7) is 0.711. The molecule has 2 aromatic carbocycles. The first-order chi connectivity index (χ1) is 14.0. The van der Waals surface area contributed by atoms with E-state index in [0.29, 0.717) is 12.2 Å². The number of nitrogens with one attached hydrogen (secondary N) is 1. The van der Waals surface area contributed by atoms with Crippen LogP contribution >= 0.6 is 15.9 Å². The topological polar surface area (TPSA) is 69.7 Å². The number of anilines is 2. The highest BCUT2D eigenvalue weighted by Gasteiger charge is 2.74. The number of para-hydroxylation sites is 1. The number of benzene rings is 2. The zero-order valence-electron chi connectivity index (χ0n) is 15.5. The smallest absolute Gasteiger partial charge is 0.250 e. The summed E-state index contributed by atoms with van der Waals surface area (Å²) < 4.78 is 0.850. The molecule has 4 aliphatic heterocycles. The maximum absolute atomic E-state index is 13.7. The van der Waals surface area contributed by atoms with Crippen molar-refractivity contribution in [1.82, 2.24) is 4.90 Å². The van der Waals surface area contributed by atoms with Gasteiger partial charge in [-0.25, -0.2) is 4.90 Å². The molecule has 146 valence electrons. The fourth-order valence-electron chi connectivity index (χ4n) is 6.01. The number of carbonyl (C=O) groups is 3. The number of hydrogen-bond acceptors (Lipinski definition) is 4. The van der Waals surface area contributed by atoms with Crippen molar-refractivity contribution in [1.29, 1.82) is 0 Å². The second kappa shape index (κ2) is 5.77. The average Bonchev–Trinajstić information content (AvgIpc) is 3.41. The summed E-state index contributed by atoms with van der Waals surface area (Å²) in [7, 11) is 0. The fraction of sp³-hybridized carbons (Fsp3) is 0.318. The van der Waals surface area contributed by atoms with Crippen LogP contribution in [0.25, 0.3) is 0 Å².